The summed E-state index contributed by atoms with van der Waals surface area (Å²) in [5.74, 6) is -0.472. The summed E-state index contributed by atoms with van der Waals surface area (Å²) in [4.78, 5) is 28.8. The number of halogens is 1. The number of amides is 2. The smallest absolute Gasteiger partial charge is 0.273 e. The van der Waals surface area contributed by atoms with E-state index in [9.17, 15) is 14.0 Å². The fourth-order valence-corrected chi connectivity index (χ4v) is 3.67. The van der Waals surface area contributed by atoms with E-state index in [1.54, 1.807) is 18.2 Å². The molecule has 0 saturated carbocycles. The van der Waals surface area contributed by atoms with Crippen LogP contribution in [0.1, 0.15) is 10.5 Å². The van der Waals surface area contributed by atoms with Crippen LogP contribution in [0.4, 0.5) is 10.1 Å². The molecular formula is C24H26FN5O3. The zero-order valence-corrected chi connectivity index (χ0v) is 18.2. The van der Waals surface area contributed by atoms with Crippen molar-refractivity contribution in [2.45, 2.75) is 0 Å². The van der Waals surface area contributed by atoms with Gasteiger partial charge in [0.15, 0.2) is 11.5 Å². The van der Waals surface area contributed by atoms with Crippen molar-refractivity contribution in [1.29, 1.82) is 0 Å². The van der Waals surface area contributed by atoms with Gasteiger partial charge in [-0.3, -0.25) is 14.5 Å². The zero-order valence-electron chi connectivity index (χ0n) is 18.2. The van der Waals surface area contributed by atoms with E-state index in [2.05, 4.69) is 25.6 Å². The normalized spacial score (nSPS) is 14.2. The first-order valence-corrected chi connectivity index (χ1v) is 10.9. The Kier molecular flexibility index (Phi) is 7.31. The van der Waals surface area contributed by atoms with Gasteiger partial charge in [0.05, 0.1) is 6.54 Å². The molecular weight excluding hydrogens is 425 g/mol. The average molecular weight is 452 g/mol. The van der Waals surface area contributed by atoms with Crippen LogP contribution in [0.2, 0.25) is 0 Å². The maximum Gasteiger partial charge on any atom is 0.273 e. The highest BCUT2D eigenvalue weighted by molar-refractivity contribution is 5.95. The summed E-state index contributed by atoms with van der Waals surface area (Å²) in [6.45, 7) is 4.50. The van der Waals surface area contributed by atoms with E-state index >= 15 is 0 Å². The van der Waals surface area contributed by atoms with E-state index < -0.39 is 5.91 Å². The number of aromatic nitrogens is 1. The minimum absolute atomic E-state index is 0.126. The van der Waals surface area contributed by atoms with E-state index in [0.717, 1.165) is 44.0 Å². The molecule has 0 unspecified atom stereocenters. The molecule has 1 aliphatic rings. The van der Waals surface area contributed by atoms with Crippen molar-refractivity contribution < 1.29 is 18.5 Å². The van der Waals surface area contributed by atoms with Gasteiger partial charge in [0, 0.05) is 56.6 Å². The van der Waals surface area contributed by atoms with E-state index in [-0.39, 0.29) is 24.0 Å². The third-order valence-electron chi connectivity index (χ3n) is 5.52. The number of nitrogens with zero attached hydrogens (tertiary/aromatic N) is 3. The van der Waals surface area contributed by atoms with Crippen molar-refractivity contribution in [2.24, 2.45) is 0 Å². The largest absolute Gasteiger partial charge is 0.369 e. The van der Waals surface area contributed by atoms with Crippen LogP contribution in [0, 0.1) is 5.82 Å². The molecule has 0 spiro atoms. The molecule has 0 radical (unpaired) electrons. The second-order valence-electron chi connectivity index (χ2n) is 7.78. The molecule has 2 aromatic carbocycles. The third kappa shape index (κ3) is 6.17. The van der Waals surface area contributed by atoms with Crippen molar-refractivity contribution in [3.05, 3.63) is 72.2 Å². The van der Waals surface area contributed by atoms with E-state index in [4.69, 9.17) is 4.52 Å². The number of carbonyl (C=O) groups is 2. The fourth-order valence-electron chi connectivity index (χ4n) is 3.67. The predicted octanol–water partition coefficient (Wildman–Crippen LogP) is 2.15. The first-order valence-electron chi connectivity index (χ1n) is 10.9. The minimum atomic E-state index is -0.465. The van der Waals surface area contributed by atoms with Gasteiger partial charge in [-0.1, -0.05) is 35.5 Å². The van der Waals surface area contributed by atoms with Crippen LogP contribution in [0.3, 0.4) is 0 Å². The highest BCUT2D eigenvalue weighted by atomic mass is 19.1. The zero-order chi connectivity index (χ0) is 23.0. The molecule has 4 rings (SSSR count). The number of hydrogen-bond acceptors (Lipinski definition) is 6. The number of anilines is 1. The Morgan fingerprint density at radius 2 is 1.70 bits per heavy atom. The van der Waals surface area contributed by atoms with E-state index in [1.165, 1.54) is 12.1 Å². The van der Waals surface area contributed by atoms with Crippen LogP contribution < -0.4 is 15.5 Å². The molecule has 8 nitrogen and oxygen atoms in total. The molecule has 9 heteroatoms. The van der Waals surface area contributed by atoms with Crippen molar-refractivity contribution >= 4 is 17.5 Å². The maximum atomic E-state index is 13.1. The van der Waals surface area contributed by atoms with Crippen molar-refractivity contribution in [3.8, 4) is 11.3 Å². The molecule has 2 heterocycles. The van der Waals surface area contributed by atoms with Gasteiger partial charge in [0.1, 0.15) is 5.82 Å². The van der Waals surface area contributed by atoms with Crippen LogP contribution in [-0.4, -0.2) is 67.7 Å². The lowest BCUT2D eigenvalue weighted by Gasteiger charge is -2.36. The summed E-state index contributed by atoms with van der Waals surface area (Å²) in [5, 5.41) is 9.16. The Labute approximate surface area is 191 Å². The van der Waals surface area contributed by atoms with Gasteiger partial charge in [-0.05, 0) is 24.3 Å². The number of nitrogens with one attached hydrogen (secondary N) is 2. The summed E-state index contributed by atoms with van der Waals surface area (Å²) < 4.78 is 18.3. The summed E-state index contributed by atoms with van der Waals surface area (Å²) >= 11 is 0. The van der Waals surface area contributed by atoms with Gasteiger partial charge in [0.2, 0.25) is 5.91 Å². The standard InChI is InChI=1S/C24H26FN5O3/c25-19-6-8-20(9-7-19)30-14-12-29(13-15-30)11-10-26-23(31)17-27-24(32)21-16-22(33-28-21)18-4-2-1-3-5-18/h1-9,16H,10-15,17H2,(H,26,31)(H,27,32). The number of benzene rings is 2. The fraction of sp³-hybridized carbons (Fsp3) is 0.292. The lowest BCUT2D eigenvalue weighted by atomic mass is 10.1. The Hall–Kier alpha value is -3.72. The second-order valence-corrected chi connectivity index (χ2v) is 7.78. The number of rotatable bonds is 8. The van der Waals surface area contributed by atoms with Crippen molar-refractivity contribution in [1.82, 2.24) is 20.7 Å². The quantitative estimate of drug-likeness (QED) is 0.546. The Morgan fingerprint density at radius 3 is 2.42 bits per heavy atom. The first kappa shape index (κ1) is 22.5. The van der Waals surface area contributed by atoms with Crippen LogP contribution in [0.5, 0.6) is 0 Å². The molecule has 0 bridgehead atoms. The molecule has 0 atom stereocenters. The highest BCUT2D eigenvalue weighted by Crippen LogP contribution is 2.19. The van der Waals surface area contributed by atoms with Crippen LogP contribution in [0.15, 0.2) is 65.2 Å². The summed E-state index contributed by atoms with van der Waals surface area (Å²) in [6.07, 6.45) is 0. The molecule has 1 aliphatic heterocycles. The Bertz CT molecular complexity index is 1060. The van der Waals surface area contributed by atoms with Gasteiger partial charge in [-0.15, -0.1) is 0 Å². The lowest BCUT2D eigenvalue weighted by Crippen LogP contribution is -2.49. The van der Waals surface area contributed by atoms with E-state index in [1.807, 2.05) is 30.3 Å². The molecule has 2 N–H and O–H groups in total. The number of carbonyl (C=O) groups excluding carboxylic acids is 2. The Morgan fingerprint density at radius 1 is 0.970 bits per heavy atom. The van der Waals surface area contributed by atoms with Gasteiger partial charge in [-0.25, -0.2) is 4.39 Å². The van der Waals surface area contributed by atoms with Crippen molar-refractivity contribution in [3.63, 3.8) is 0 Å². The Balaban J connectivity index is 1.13. The van der Waals surface area contributed by atoms with Gasteiger partial charge in [0.25, 0.3) is 5.91 Å². The van der Waals surface area contributed by atoms with Crippen LogP contribution in [-0.2, 0) is 4.79 Å². The average Bonchev–Trinajstić information content (AvgIpc) is 3.35. The molecule has 172 valence electrons. The van der Waals surface area contributed by atoms with Gasteiger partial charge >= 0.3 is 0 Å². The maximum absolute atomic E-state index is 13.1. The lowest BCUT2D eigenvalue weighted by molar-refractivity contribution is -0.120. The number of hydrogen-bond donors (Lipinski definition) is 2. The molecule has 33 heavy (non-hydrogen) atoms. The van der Waals surface area contributed by atoms with E-state index in [0.29, 0.717) is 12.3 Å². The predicted molar refractivity (Wildman–Crippen MR) is 122 cm³/mol. The molecule has 1 fully saturated rings. The molecule has 2 amide bonds. The SMILES string of the molecule is O=C(CNC(=O)c1cc(-c2ccccc2)on1)NCCN1CCN(c2ccc(F)cc2)CC1. The minimum Gasteiger partial charge on any atom is -0.369 e. The monoisotopic (exact) mass is 451 g/mol. The number of piperazine rings is 1. The van der Waals surface area contributed by atoms with Crippen LogP contribution >= 0.6 is 0 Å². The molecule has 1 saturated heterocycles. The molecule has 1 aromatic heterocycles. The molecule has 3 aromatic rings. The molecule has 0 aliphatic carbocycles. The summed E-state index contributed by atoms with van der Waals surface area (Å²) in [5.41, 5.74) is 1.96. The second kappa shape index (κ2) is 10.7. The van der Waals surface area contributed by atoms with Crippen molar-refractivity contribution in [2.75, 3.05) is 50.7 Å². The van der Waals surface area contributed by atoms with Gasteiger partial charge in [-0.2, -0.15) is 0 Å². The first-order chi connectivity index (χ1) is 16.1. The third-order valence-corrected chi connectivity index (χ3v) is 5.52. The summed E-state index contributed by atoms with van der Waals surface area (Å²) in [7, 11) is 0. The highest BCUT2D eigenvalue weighted by Gasteiger charge is 2.18. The summed E-state index contributed by atoms with van der Waals surface area (Å²) in [6, 6.07) is 17.4. The van der Waals surface area contributed by atoms with Crippen LogP contribution in [0.25, 0.3) is 11.3 Å². The topological polar surface area (TPSA) is 90.7 Å². The van der Waals surface area contributed by atoms with Gasteiger partial charge < -0.3 is 20.1 Å².